The number of para-hydroxylation sites is 2. The number of nitrogens with one attached hydrogen (secondary N) is 2. The zero-order valence-corrected chi connectivity index (χ0v) is 22.8. The van der Waals surface area contributed by atoms with E-state index in [0.717, 1.165) is 0 Å². The van der Waals surface area contributed by atoms with Gasteiger partial charge in [-0.1, -0.05) is 30.3 Å². The average molecular weight is 559 g/mol. The van der Waals surface area contributed by atoms with Crippen molar-refractivity contribution < 1.29 is 28.9 Å². The number of nitrogens with zero attached hydrogens (tertiary/aromatic N) is 1. The minimum atomic E-state index is -0.822. The number of ether oxygens (including phenoxy) is 3. The Labute approximate surface area is 239 Å². The molecular weight excluding hydrogens is 524 g/mol. The van der Waals surface area contributed by atoms with Gasteiger partial charge in [0.2, 0.25) is 5.91 Å². The Morgan fingerprint density at radius 2 is 1.85 bits per heavy atom. The molecule has 3 rings (SSSR count). The summed E-state index contributed by atoms with van der Waals surface area (Å²) in [5.74, 6) is 0.184. The number of aliphatic hydroxyl groups excluding tert-OH is 1. The third kappa shape index (κ3) is 10.0. The fraction of sp³-hybridized carbons (Fsp3) is 0.258. The molecular formula is C31H34N4O6. The Bertz CT molecular complexity index is 1350. The van der Waals surface area contributed by atoms with Gasteiger partial charge in [-0.05, 0) is 79.9 Å². The lowest BCUT2D eigenvalue weighted by molar-refractivity contribution is -0.111. The summed E-state index contributed by atoms with van der Waals surface area (Å²) in [4.78, 5) is 25.3. The van der Waals surface area contributed by atoms with Crippen molar-refractivity contribution in [2.45, 2.75) is 32.0 Å². The van der Waals surface area contributed by atoms with Crippen LogP contribution in [0.2, 0.25) is 0 Å². The second kappa shape index (κ2) is 16.3. The molecule has 0 heterocycles. The number of nitrogens with two attached hydrogens (primary N) is 1. The van der Waals surface area contributed by atoms with Gasteiger partial charge in [0.05, 0.1) is 35.7 Å². The van der Waals surface area contributed by atoms with Crippen LogP contribution in [0, 0.1) is 11.3 Å². The van der Waals surface area contributed by atoms with Crippen LogP contribution in [-0.4, -0.2) is 43.0 Å². The van der Waals surface area contributed by atoms with Crippen LogP contribution in [0.4, 0.5) is 21.9 Å². The highest BCUT2D eigenvalue weighted by Crippen LogP contribution is 2.30. The summed E-state index contributed by atoms with van der Waals surface area (Å²) in [6, 6.07) is 22.4. The monoisotopic (exact) mass is 558 g/mol. The highest BCUT2D eigenvalue weighted by Gasteiger charge is 2.28. The van der Waals surface area contributed by atoms with Crippen LogP contribution >= 0.6 is 0 Å². The molecule has 0 fully saturated rings. The van der Waals surface area contributed by atoms with E-state index in [0.29, 0.717) is 53.4 Å². The van der Waals surface area contributed by atoms with Crippen LogP contribution in [0.3, 0.4) is 0 Å². The average Bonchev–Trinajstić information content (AvgIpc) is 2.98. The maximum atomic E-state index is 12.9. The normalized spacial score (nSPS) is 12.2. The summed E-state index contributed by atoms with van der Waals surface area (Å²) in [6.45, 7) is 2.18. The summed E-state index contributed by atoms with van der Waals surface area (Å²) in [5, 5.41) is 23.6. The minimum absolute atomic E-state index is 0.116. The van der Waals surface area contributed by atoms with E-state index < -0.39 is 18.3 Å². The highest BCUT2D eigenvalue weighted by molar-refractivity contribution is 6.01. The SMILES string of the molecule is CCO[C@H](CC/C=C/C(=O)Nc1ccccc1N)[C@H](OC(=O)Nc1ccc(C#N)cc1)c1cccc(OCCO)c1. The van der Waals surface area contributed by atoms with Gasteiger partial charge in [-0.3, -0.25) is 10.1 Å². The Balaban J connectivity index is 1.74. The number of hydrogen-bond acceptors (Lipinski definition) is 8. The van der Waals surface area contributed by atoms with Gasteiger partial charge in [-0.15, -0.1) is 0 Å². The van der Waals surface area contributed by atoms with E-state index in [1.165, 1.54) is 6.08 Å². The molecule has 0 aliphatic rings. The molecule has 10 heteroatoms. The zero-order chi connectivity index (χ0) is 29.5. The van der Waals surface area contributed by atoms with Crippen molar-refractivity contribution in [2.24, 2.45) is 0 Å². The van der Waals surface area contributed by atoms with Crippen molar-refractivity contribution in [3.8, 4) is 11.8 Å². The Hall–Kier alpha value is -4.85. The molecule has 2 atom stereocenters. The lowest BCUT2D eigenvalue weighted by Crippen LogP contribution is -2.29. The van der Waals surface area contributed by atoms with Crippen molar-refractivity contribution in [3.05, 3.63) is 96.1 Å². The fourth-order valence-electron chi connectivity index (χ4n) is 3.97. The van der Waals surface area contributed by atoms with Crippen LogP contribution in [0.1, 0.15) is 37.0 Å². The molecule has 10 nitrogen and oxygen atoms in total. The Morgan fingerprint density at radius 3 is 2.56 bits per heavy atom. The van der Waals surface area contributed by atoms with Crippen LogP contribution < -0.4 is 21.1 Å². The molecule has 0 spiro atoms. The van der Waals surface area contributed by atoms with Crippen molar-refractivity contribution in [1.82, 2.24) is 0 Å². The van der Waals surface area contributed by atoms with Gasteiger partial charge in [-0.25, -0.2) is 4.79 Å². The summed E-state index contributed by atoms with van der Waals surface area (Å²) < 4.78 is 17.4. The summed E-state index contributed by atoms with van der Waals surface area (Å²) in [6.07, 6.45) is 1.94. The number of allylic oxidation sites excluding steroid dienone is 1. The molecule has 3 aromatic rings. The van der Waals surface area contributed by atoms with Crippen LogP contribution in [0.5, 0.6) is 5.75 Å². The number of carbonyl (C=O) groups excluding carboxylic acids is 2. The Kier molecular flexibility index (Phi) is 12.2. The van der Waals surface area contributed by atoms with E-state index in [4.69, 9.17) is 30.3 Å². The molecule has 0 bridgehead atoms. The second-order valence-corrected chi connectivity index (χ2v) is 8.83. The molecule has 41 heavy (non-hydrogen) atoms. The molecule has 0 radical (unpaired) electrons. The largest absolute Gasteiger partial charge is 0.491 e. The van der Waals surface area contributed by atoms with E-state index >= 15 is 0 Å². The topological polar surface area (TPSA) is 156 Å². The lowest BCUT2D eigenvalue weighted by atomic mass is 10.00. The second-order valence-electron chi connectivity index (χ2n) is 8.83. The van der Waals surface area contributed by atoms with Gasteiger partial charge in [0.1, 0.15) is 12.4 Å². The first kappa shape index (κ1) is 30.7. The zero-order valence-electron chi connectivity index (χ0n) is 22.8. The maximum absolute atomic E-state index is 12.9. The number of nitriles is 1. The number of carbonyl (C=O) groups is 2. The third-order valence-corrected chi connectivity index (χ3v) is 5.87. The molecule has 0 unspecified atom stereocenters. The number of nitrogen functional groups attached to an aromatic ring is 1. The van der Waals surface area contributed by atoms with Gasteiger partial charge < -0.3 is 30.4 Å². The van der Waals surface area contributed by atoms with Crippen molar-refractivity contribution in [3.63, 3.8) is 0 Å². The lowest BCUT2D eigenvalue weighted by Gasteiger charge is -2.27. The number of aliphatic hydroxyl groups is 1. The fourth-order valence-corrected chi connectivity index (χ4v) is 3.97. The van der Waals surface area contributed by atoms with Crippen molar-refractivity contribution in [1.29, 1.82) is 5.26 Å². The summed E-state index contributed by atoms with van der Waals surface area (Å²) in [5.41, 5.74) is 8.45. The molecule has 0 aliphatic heterocycles. The minimum Gasteiger partial charge on any atom is -0.491 e. The first-order valence-corrected chi connectivity index (χ1v) is 13.2. The van der Waals surface area contributed by atoms with Crippen molar-refractivity contribution >= 4 is 29.1 Å². The van der Waals surface area contributed by atoms with Crippen LogP contribution in [0.15, 0.2) is 84.9 Å². The molecule has 214 valence electrons. The number of hydrogen-bond donors (Lipinski definition) is 4. The van der Waals surface area contributed by atoms with Gasteiger partial charge >= 0.3 is 6.09 Å². The van der Waals surface area contributed by atoms with Gasteiger partial charge in [0, 0.05) is 12.3 Å². The first-order valence-electron chi connectivity index (χ1n) is 13.2. The smallest absolute Gasteiger partial charge is 0.412 e. The van der Waals surface area contributed by atoms with E-state index in [1.54, 1.807) is 78.9 Å². The summed E-state index contributed by atoms with van der Waals surface area (Å²) in [7, 11) is 0. The molecule has 0 saturated heterocycles. The van der Waals surface area contributed by atoms with E-state index in [2.05, 4.69) is 10.6 Å². The van der Waals surface area contributed by atoms with Crippen LogP contribution in [0.25, 0.3) is 0 Å². The number of anilines is 3. The summed E-state index contributed by atoms with van der Waals surface area (Å²) >= 11 is 0. The molecule has 3 aromatic carbocycles. The number of benzene rings is 3. The Morgan fingerprint density at radius 1 is 1.07 bits per heavy atom. The van der Waals surface area contributed by atoms with E-state index in [9.17, 15) is 9.59 Å². The molecule has 2 amide bonds. The van der Waals surface area contributed by atoms with E-state index in [1.807, 2.05) is 13.0 Å². The van der Waals surface area contributed by atoms with E-state index in [-0.39, 0.29) is 19.1 Å². The maximum Gasteiger partial charge on any atom is 0.412 e. The number of rotatable bonds is 14. The van der Waals surface area contributed by atoms with Gasteiger partial charge in [-0.2, -0.15) is 5.26 Å². The quantitative estimate of drug-likeness (QED) is 0.156. The molecule has 0 saturated carbocycles. The predicted octanol–water partition coefficient (Wildman–Crippen LogP) is 5.18. The first-order chi connectivity index (χ1) is 19.9. The highest BCUT2D eigenvalue weighted by atomic mass is 16.6. The van der Waals surface area contributed by atoms with Crippen molar-refractivity contribution in [2.75, 3.05) is 36.2 Å². The third-order valence-electron chi connectivity index (χ3n) is 5.87. The number of amides is 2. The molecule has 5 N–H and O–H groups in total. The molecule has 0 aliphatic carbocycles. The van der Waals surface area contributed by atoms with Gasteiger partial charge in [0.15, 0.2) is 6.10 Å². The molecule has 0 aromatic heterocycles. The predicted molar refractivity (Wildman–Crippen MR) is 156 cm³/mol. The van der Waals surface area contributed by atoms with Crippen LogP contribution in [-0.2, 0) is 14.3 Å². The van der Waals surface area contributed by atoms with Gasteiger partial charge in [0.25, 0.3) is 0 Å². The standard InChI is InChI=1S/C31H34N4O6/c1-2-39-28(12-5-6-13-29(37)35-27-11-4-3-10-26(27)33)30(23-8-7-9-25(20-23)40-19-18-36)41-31(38)34-24-16-14-22(21-32)15-17-24/h3-4,6-11,13-17,20,28,30,36H,2,5,12,18-19,33H2,1H3,(H,34,38)(H,35,37)/b13-6+/t28-,30-/m1/s1.